The second-order valence-corrected chi connectivity index (χ2v) is 7.89. The van der Waals surface area contributed by atoms with Crippen LogP contribution in [0.5, 0.6) is 0 Å². The largest absolute Gasteiger partial charge is 0.397 e. The predicted octanol–water partition coefficient (Wildman–Crippen LogP) is 6.21. The van der Waals surface area contributed by atoms with Gasteiger partial charge in [-0.1, -0.05) is 54.0 Å². The minimum atomic E-state index is -0.109. The second kappa shape index (κ2) is 8.40. The Labute approximate surface area is 168 Å². The first kappa shape index (κ1) is 19.2. The van der Waals surface area contributed by atoms with E-state index in [1.54, 1.807) is 4.90 Å². The Morgan fingerprint density at radius 1 is 1.00 bits per heavy atom. The van der Waals surface area contributed by atoms with Crippen molar-refractivity contribution in [3.63, 3.8) is 0 Å². The topological polar surface area (TPSA) is 46.3 Å². The standard InChI is InChI=1S/C23H23BrN2O/c1-16(2)14-17-8-13-21(25)22(15-17)26(20-6-4-3-5-7-20)23(27)18-9-11-19(24)12-10-18/h3-13,15-16H,14,25H2,1-2H3. The number of nitrogen functional groups attached to an aromatic ring is 1. The van der Waals surface area contributed by atoms with Crippen LogP contribution in [-0.4, -0.2) is 5.91 Å². The molecule has 0 unspecified atom stereocenters. The Morgan fingerprint density at radius 2 is 1.67 bits per heavy atom. The molecule has 0 aromatic heterocycles. The number of anilines is 3. The van der Waals surface area contributed by atoms with Crippen LogP contribution < -0.4 is 10.6 Å². The monoisotopic (exact) mass is 422 g/mol. The van der Waals surface area contributed by atoms with Gasteiger partial charge in [0.15, 0.2) is 0 Å². The van der Waals surface area contributed by atoms with Crippen LogP contribution in [0.15, 0.2) is 77.3 Å². The van der Waals surface area contributed by atoms with Crippen molar-refractivity contribution in [2.45, 2.75) is 20.3 Å². The highest BCUT2D eigenvalue weighted by Gasteiger charge is 2.22. The van der Waals surface area contributed by atoms with E-state index in [0.717, 1.165) is 16.6 Å². The number of hydrogen-bond acceptors (Lipinski definition) is 2. The summed E-state index contributed by atoms with van der Waals surface area (Å²) in [7, 11) is 0. The number of amides is 1. The number of hydrogen-bond donors (Lipinski definition) is 1. The maximum Gasteiger partial charge on any atom is 0.262 e. The molecule has 3 aromatic rings. The molecule has 3 nitrogen and oxygen atoms in total. The van der Waals surface area contributed by atoms with Gasteiger partial charge in [0.2, 0.25) is 0 Å². The summed E-state index contributed by atoms with van der Waals surface area (Å²) in [6, 6.07) is 22.9. The summed E-state index contributed by atoms with van der Waals surface area (Å²) in [4.78, 5) is 15.1. The van der Waals surface area contributed by atoms with Gasteiger partial charge in [0.25, 0.3) is 5.91 Å². The van der Waals surface area contributed by atoms with Gasteiger partial charge < -0.3 is 5.73 Å². The molecule has 3 aromatic carbocycles. The number of nitrogens with zero attached hydrogens (tertiary/aromatic N) is 1. The zero-order chi connectivity index (χ0) is 19.4. The fourth-order valence-electron chi connectivity index (χ4n) is 3.05. The maximum absolute atomic E-state index is 13.4. The lowest BCUT2D eigenvalue weighted by atomic mass is 10.0. The number of benzene rings is 3. The first-order chi connectivity index (χ1) is 13.0. The Morgan fingerprint density at radius 3 is 2.30 bits per heavy atom. The van der Waals surface area contributed by atoms with Crippen LogP contribution in [-0.2, 0) is 6.42 Å². The van der Waals surface area contributed by atoms with Gasteiger partial charge in [-0.3, -0.25) is 9.69 Å². The molecule has 0 aliphatic rings. The van der Waals surface area contributed by atoms with E-state index in [-0.39, 0.29) is 5.91 Å². The first-order valence-electron chi connectivity index (χ1n) is 8.99. The average Bonchev–Trinajstić information content (AvgIpc) is 2.65. The second-order valence-electron chi connectivity index (χ2n) is 6.97. The summed E-state index contributed by atoms with van der Waals surface area (Å²) in [6.07, 6.45) is 0.933. The summed E-state index contributed by atoms with van der Waals surface area (Å²) in [5.41, 5.74) is 10.2. The quantitative estimate of drug-likeness (QED) is 0.496. The average molecular weight is 423 g/mol. The highest BCUT2D eigenvalue weighted by atomic mass is 79.9. The van der Waals surface area contributed by atoms with Crippen LogP contribution in [0.1, 0.15) is 29.8 Å². The van der Waals surface area contributed by atoms with Crippen molar-refractivity contribution >= 4 is 38.9 Å². The van der Waals surface area contributed by atoms with E-state index in [0.29, 0.717) is 22.9 Å². The molecule has 2 N–H and O–H groups in total. The minimum Gasteiger partial charge on any atom is -0.397 e. The zero-order valence-corrected chi connectivity index (χ0v) is 17.1. The lowest BCUT2D eigenvalue weighted by Gasteiger charge is -2.25. The molecule has 0 radical (unpaired) electrons. The zero-order valence-electron chi connectivity index (χ0n) is 15.5. The summed E-state index contributed by atoms with van der Waals surface area (Å²) < 4.78 is 0.934. The first-order valence-corrected chi connectivity index (χ1v) is 9.78. The Kier molecular flexibility index (Phi) is 5.97. The van der Waals surface area contributed by atoms with E-state index in [4.69, 9.17) is 5.73 Å². The fourth-order valence-corrected chi connectivity index (χ4v) is 3.31. The van der Waals surface area contributed by atoms with Crippen LogP contribution >= 0.6 is 15.9 Å². The molecule has 3 rings (SSSR count). The van der Waals surface area contributed by atoms with Gasteiger partial charge in [-0.05, 0) is 66.4 Å². The highest BCUT2D eigenvalue weighted by Crippen LogP contribution is 2.33. The van der Waals surface area contributed by atoms with Gasteiger partial charge in [-0.25, -0.2) is 0 Å². The molecule has 0 aliphatic carbocycles. The van der Waals surface area contributed by atoms with Crippen molar-refractivity contribution in [1.29, 1.82) is 0 Å². The molecule has 0 bridgehead atoms. The van der Waals surface area contributed by atoms with Gasteiger partial charge >= 0.3 is 0 Å². The Hall–Kier alpha value is -2.59. The third kappa shape index (κ3) is 4.58. The Bertz CT molecular complexity index is 921. The molecule has 138 valence electrons. The number of halogens is 1. The van der Waals surface area contributed by atoms with Crippen LogP contribution in [0.3, 0.4) is 0 Å². The van der Waals surface area contributed by atoms with E-state index in [1.165, 1.54) is 5.56 Å². The third-order valence-electron chi connectivity index (χ3n) is 4.29. The highest BCUT2D eigenvalue weighted by molar-refractivity contribution is 9.10. The molecular formula is C23H23BrN2O. The predicted molar refractivity (Wildman–Crippen MR) is 116 cm³/mol. The number of para-hydroxylation sites is 1. The molecule has 0 saturated carbocycles. The van der Waals surface area contributed by atoms with Crippen molar-refractivity contribution < 1.29 is 4.79 Å². The molecule has 0 heterocycles. The van der Waals surface area contributed by atoms with E-state index >= 15 is 0 Å². The van der Waals surface area contributed by atoms with Crippen molar-refractivity contribution in [2.24, 2.45) is 5.92 Å². The molecule has 0 spiro atoms. The van der Waals surface area contributed by atoms with Gasteiger partial charge in [0.05, 0.1) is 11.4 Å². The summed E-state index contributed by atoms with van der Waals surface area (Å²) >= 11 is 3.42. The molecular weight excluding hydrogens is 400 g/mol. The van der Waals surface area contributed by atoms with Crippen LogP contribution in [0.25, 0.3) is 0 Å². The molecule has 0 atom stereocenters. The lowest BCUT2D eigenvalue weighted by Crippen LogP contribution is -2.27. The molecule has 0 aliphatic heterocycles. The Balaban J connectivity index is 2.11. The summed E-state index contributed by atoms with van der Waals surface area (Å²) in [6.45, 7) is 4.36. The SMILES string of the molecule is CC(C)Cc1ccc(N)c(N(C(=O)c2ccc(Br)cc2)c2ccccc2)c1. The number of carbonyl (C=O) groups is 1. The third-order valence-corrected chi connectivity index (χ3v) is 4.82. The molecule has 27 heavy (non-hydrogen) atoms. The maximum atomic E-state index is 13.4. The van der Waals surface area contributed by atoms with Crippen molar-refractivity contribution in [3.05, 3.63) is 88.4 Å². The molecule has 0 fully saturated rings. The minimum absolute atomic E-state index is 0.109. The van der Waals surface area contributed by atoms with Crippen molar-refractivity contribution in [1.82, 2.24) is 0 Å². The van der Waals surface area contributed by atoms with E-state index < -0.39 is 0 Å². The fraction of sp³-hybridized carbons (Fsp3) is 0.174. The number of carbonyl (C=O) groups excluding carboxylic acids is 1. The lowest BCUT2D eigenvalue weighted by molar-refractivity contribution is 0.0999. The number of nitrogens with two attached hydrogens (primary N) is 1. The van der Waals surface area contributed by atoms with E-state index in [1.807, 2.05) is 72.8 Å². The van der Waals surface area contributed by atoms with Gasteiger partial charge in [0.1, 0.15) is 0 Å². The van der Waals surface area contributed by atoms with Crippen LogP contribution in [0.2, 0.25) is 0 Å². The van der Waals surface area contributed by atoms with Crippen molar-refractivity contribution in [2.75, 3.05) is 10.6 Å². The van der Waals surface area contributed by atoms with Gasteiger partial charge in [-0.15, -0.1) is 0 Å². The summed E-state index contributed by atoms with van der Waals surface area (Å²) in [5.74, 6) is 0.413. The van der Waals surface area contributed by atoms with Crippen LogP contribution in [0, 0.1) is 5.92 Å². The normalized spacial score (nSPS) is 10.8. The molecule has 4 heteroatoms. The van der Waals surface area contributed by atoms with Crippen LogP contribution in [0.4, 0.5) is 17.1 Å². The number of rotatable bonds is 5. The molecule has 1 amide bonds. The van der Waals surface area contributed by atoms with Gasteiger partial charge in [-0.2, -0.15) is 0 Å². The van der Waals surface area contributed by atoms with Crippen molar-refractivity contribution in [3.8, 4) is 0 Å². The smallest absolute Gasteiger partial charge is 0.262 e. The summed E-state index contributed by atoms with van der Waals surface area (Å²) in [5, 5.41) is 0. The van der Waals surface area contributed by atoms with Gasteiger partial charge in [0, 0.05) is 15.7 Å². The van der Waals surface area contributed by atoms with E-state index in [2.05, 4.69) is 29.8 Å². The van der Waals surface area contributed by atoms with E-state index in [9.17, 15) is 4.79 Å². The molecule has 0 saturated heterocycles.